The summed E-state index contributed by atoms with van der Waals surface area (Å²) >= 11 is 0. The maximum absolute atomic E-state index is 12.4. The summed E-state index contributed by atoms with van der Waals surface area (Å²) in [6.07, 6.45) is 5.30. The van der Waals surface area contributed by atoms with Crippen molar-refractivity contribution in [2.45, 2.75) is 38.1 Å². The molecule has 1 aromatic carbocycles. The minimum Gasteiger partial charge on any atom is -0.345 e. The Morgan fingerprint density at radius 3 is 3.00 bits per heavy atom. The van der Waals surface area contributed by atoms with E-state index in [2.05, 4.69) is 26.1 Å². The summed E-state index contributed by atoms with van der Waals surface area (Å²) in [5.41, 5.74) is 3.12. The van der Waals surface area contributed by atoms with Crippen molar-refractivity contribution in [1.29, 1.82) is 0 Å². The van der Waals surface area contributed by atoms with Crippen LogP contribution in [0.2, 0.25) is 0 Å². The molecular weight excluding hydrogens is 314 g/mol. The third-order valence-electron chi connectivity index (χ3n) is 5.30. The Balaban J connectivity index is 1.56. The molecule has 6 heteroatoms. The maximum Gasteiger partial charge on any atom is 0.258 e. The number of nitrogens with one attached hydrogen (secondary N) is 1. The molecule has 1 atom stereocenters. The van der Waals surface area contributed by atoms with Gasteiger partial charge in [-0.15, -0.1) is 5.10 Å². The predicted octanol–water partition coefficient (Wildman–Crippen LogP) is 2.54. The fourth-order valence-corrected chi connectivity index (χ4v) is 4.05. The van der Waals surface area contributed by atoms with Crippen molar-refractivity contribution in [3.8, 4) is 0 Å². The molecule has 1 unspecified atom stereocenters. The standard InChI is InChI=1S/C19H19N5O/c25-19-13-6-1-2-7-15(13)20-18(21-19)16-9-4-10-24(16)17-11-12-5-3-8-14(12)22-23-17/h1-2,6-7,11,16H,3-5,8-10H2,(H,20,21,25). The van der Waals surface area contributed by atoms with Crippen LogP contribution >= 0.6 is 0 Å². The third-order valence-corrected chi connectivity index (χ3v) is 5.30. The van der Waals surface area contributed by atoms with Gasteiger partial charge in [0.15, 0.2) is 5.82 Å². The van der Waals surface area contributed by atoms with Crippen molar-refractivity contribution in [3.05, 3.63) is 57.8 Å². The number of para-hydroxylation sites is 1. The Labute approximate surface area is 144 Å². The number of rotatable bonds is 2. The highest BCUT2D eigenvalue weighted by atomic mass is 16.1. The lowest BCUT2D eigenvalue weighted by atomic mass is 10.1. The van der Waals surface area contributed by atoms with Crippen molar-refractivity contribution in [2.24, 2.45) is 0 Å². The Morgan fingerprint density at radius 2 is 2.04 bits per heavy atom. The lowest BCUT2D eigenvalue weighted by molar-refractivity contribution is 0.656. The molecule has 0 spiro atoms. The fourth-order valence-electron chi connectivity index (χ4n) is 4.05. The second-order valence-electron chi connectivity index (χ2n) is 6.85. The smallest absolute Gasteiger partial charge is 0.258 e. The summed E-state index contributed by atoms with van der Waals surface area (Å²) in [6.45, 7) is 0.911. The van der Waals surface area contributed by atoms with Gasteiger partial charge in [-0.1, -0.05) is 12.1 Å². The summed E-state index contributed by atoms with van der Waals surface area (Å²) in [6, 6.07) is 9.70. The van der Waals surface area contributed by atoms with Crippen molar-refractivity contribution in [3.63, 3.8) is 0 Å². The zero-order valence-electron chi connectivity index (χ0n) is 13.9. The molecule has 1 aliphatic heterocycles. The van der Waals surface area contributed by atoms with E-state index >= 15 is 0 Å². The Morgan fingerprint density at radius 1 is 1.12 bits per heavy atom. The monoisotopic (exact) mass is 333 g/mol. The van der Waals surface area contributed by atoms with Crippen molar-refractivity contribution in [1.82, 2.24) is 20.2 Å². The first-order valence-corrected chi connectivity index (χ1v) is 8.91. The summed E-state index contributed by atoms with van der Waals surface area (Å²) in [5.74, 6) is 1.63. The van der Waals surface area contributed by atoms with Gasteiger partial charge in [-0.25, -0.2) is 4.98 Å². The summed E-state index contributed by atoms with van der Waals surface area (Å²) in [5, 5.41) is 9.50. The van der Waals surface area contributed by atoms with Crippen LogP contribution in [-0.4, -0.2) is 26.7 Å². The topological polar surface area (TPSA) is 74.8 Å². The number of H-pyrrole nitrogens is 1. The Hall–Kier alpha value is -2.76. The average Bonchev–Trinajstić information content (AvgIpc) is 3.30. The molecule has 1 aliphatic carbocycles. The molecule has 0 amide bonds. The molecule has 3 heterocycles. The molecule has 0 saturated carbocycles. The normalized spacial score (nSPS) is 19.5. The first-order valence-electron chi connectivity index (χ1n) is 8.91. The predicted molar refractivity (Wildman–Crippen MR) is 95.7 cm³/mol. The molecule has 0 bridgehead atoms. The molecule has 0 radical (unpaired) electrons. The van der Waals surface area contributed by atoms with E-state index in [1.54, 1.807) is 0 Å². The van der Waals surface area contributed by atoms with Gasteiger partial charge in [0.1, 0.15) is 5.82 Å². The van der Waals surface area contributed by atoms with Gasteiger partial charge in [0, 0.05) is 6.54 Å². The number of nitrogens with zero attached hydrogens (tertiary/aromatic N) is 4. The second kappa shape index (κ2) is 5.65. The second-order valence-corrected chi connectivity index (χ2v) is 6.85. The number of benzene rings is 1. The van der Waals surface area contributed by atoms with Crippen LogP contribution in [-0.2, 0) is 12.8 Å². The molecule has 126 valence electrons. The van der Waals surface area contributed by atoms with Crippen LogP contribution in [0.25, 0.3) is 10.9 Å². The molecule has 6 nitrogen and oxygen atoms in total. The SMILES string of the molecule is O=c1[nH]c(C2CCCN2c2cc3c(nn2)CCC3)nc2ccccc12. The van der Waals surface area contributed by atoms with Gasteiger partial charge in [0.05, 0.1) is 22.6 Å². The molecule has 2 aromatic heterocycles. The minimum absolute atomic E-state index is 0.0473. The Kier molecular flexibility index (Phi) is 3.29. The molecule has 1 fully saturated rings. The number of fused-ring (bicyclic) bond motifs is 2. The summed E-state index contributed by atoms with van der Waals surface area (Å²) < 4.78 is 0. The van der Waals surface area contributed by atoms with Crippen LogP contribution in [0.1, 0.15) is 42.4 Å². The van der Waals surface area contributed by atoms with E-state index in [0.717, 1.165) is 61.5 Å². The van der Waals surface area contributed by atoms with Gasteiger partial charge in [-0.3, -0.25) is 4.79 Å². The van der Waals surface area contributed by atoms with E-state index in [1.807, 2.05) is 24.3 Å². The van der Waals surface area contributed by atoms with Gasteiger partial charge < -0.3 is 9.88 Å². The highest BCUT2D eigenvalue weighted by Crippen LogP contribution is 2.34. The molecule has 1 saturated heterocycles. The number of hydrogen-bond donors (Lipinski definition) is 1. The van der Waals surface area contributed by atoms with Gasteiger partial charge in [-0.2, -0.15) is 5.10 Å². The van der Waals surface area contributed by atoms with Gasteiger partial charge in [-0.05, 0) is 55.9 Å². The van der Waals surface area contributed by atoms with E-state index in [0.29, 0.717) is 5.39 Å². The highest BCUT2D eigenvalue weighted by Gasteiger charge is 2.30. The number of aryl methyl sites for hydroxylation is 2. The molecule has 3 aromatic rings. The highest BCUT2D eigenvalue weighted by molar-refractivity contribution is 5.77. The van der Waals surface area contributed by atoms with E-state index in [9.17, 15) is 4.79 Å². The molecular formula is C19H19N5O. The van der Waals surface area contributed by atoms with E-state index in [4.69, 9.17) is 4.98 Å². The van der Waals surface area contributed by atoms with E-state index in [-0.39, 0.29) is 11.6 Å². The van der Waals surface area contributed by atoms with E-state index in [1.165, 1.54) is 5.56 Å². The maximum atomic E-state index is 12.4. The quantitative estimate of drug-likeness (QED) is 0.780. The van der Waals surface area contributed by atoms with E-state index < -0.39 is 0 Å². The van der Waals surface area contributed by atoms with Gasteiger partial charge >= 0.3 is 0 Å². The van der Waals surface area contributed by atoms with Crippen molar-refractivity contribution < 1.29 is 0 Å². The van der Waals surface area contributed by atoms with Crippen LogP contribution in [0.15, 0.2) is 35.1 Å². The summed E-state index contributed by atoms with van der Waals surface area (Å²) in [4.78, 5) is 22.4. The first kappa shape index (κ1) is 14.6. The van der Waals surface area contributed by atoms with Crippen molar-refractivity contribution in [2.75, 3.05) is 11.4 Å². The van der Waals surface area contributed by atoms with Crippen LogP contribution in [0.5, 0.6) is 0 Å². The third kappa shape index (κ3) is 2.40. The lowest BCUT2D eigenvalue weighted by Crippen LogP contribution is -2.27. The van der Waals surface area contributed by atoms with Crippen LogP contribution in [0, 0.1) is 0 Å². The number of hydrogen-bond acceptors (Lipinski definition) is 5. The molecule has 2 aliphatic rings. The summed E-state index contributed by atoms with van der Waals surface area (Å²) in [7, 11) is 0. The molecule has 5 rings (SSSR count). The number of aromatic nitrogens is 4. The average molecular weight is 333 g/mol. The zero-order chi connectivity index (χ0) is 16.8. The van der Waals surface area contributed by atoms with Crippen LogP contribution < -0.4 is 10.5 Å². The number of aromatic amines is 1. The first-order chi connectivity index (χ1) is 12.3. The largest absolute Gasteiger partial charge is 0.345 e. The van der Waals surface area contributed by atoms with Gasteiger partial charge in [0.25, 0.3) is 5.56 Å². The Bertz CT molecular complexity index is 1010. The fraction of sp³-hybridized carbons (Fsp3) is 0.368. The van der Waals surface area contributed by atoms with Crippen LogP contribution in [0.3, 0.4) is 0 Å². The minimum atomic E-state index is -0.0764. The lowest BCUT2D eigenvalue weighted by Gasteiger charge is -2.25. The molecule has 25 heavy (non-hydrogen) atoms. The zero-order valence-corrected chi connectivity index (χ0v) is 13.9. The van der Waals surface area contributed by atoms with Crippen molar-refractivity contribution >= 4 is 16.7 Å². The molecule has 1 N–H and O–H groups in total. The van der Waals surface area contributed by atoms with Crippen LogP contribution in [0.4, 0.5) is 5.82 Å². The van der Waals surface area contributed by atoms with Gasteiger partial charge in [0.2, 0.25) is 0 Å². The number of anilines is 1.